The molecule has 6 nitrogen and oxygen atoms in total. The largest absolute Gasteiger partial charge is 0.490 e. The van der Waals surface area contributed by atoms with Gasteiger partial charge in [0.15, 0.2) is 0 Å². The molecular formula is C26H35ClN4O2. The van der Waals surface area contributed by atoms with Crippen LogP contribution in [0.1, 0.15) is 42.1 Å². The Morgan fingerprint density at radius 1 is 1.12 bits per heavy atom. The molecule has 2 unspecified atom stereocenters. The first-order valence-corrected chi connectivity index (χ1v) is 12.3. The quantitative estimate of drug-likeness (QED) is 0.633. The second-order valence-corrected chi connectivity index (χ2v) is 9.79. The zero-order chi connectivity index (χ0) is 23.2. The van der Waals surface area contributed by atoms with E-state index in [1.807, 2.05) is 36.4 Å². The van der Waals surface area contributed by atoms with Gasteiger partial charge in [0, 0.05) is 56.1 Å². The van der Waals surface area contributed by atoms with Gasteiger partial charge in [0.05, 0.1) is 5.02 Å². The van der Waals surface area contributed by atoms with Gasteiger partial charge in [0.1, 0.15) is 12.4 Å². The third-order valence-electron chi connectivity index (χ3n) is 6.56. The van der Waals surface area contributed by atoms with Gasteiger partial charge in [-0.05, 0) is 62.7 Å². The van der Waals surface area contributed by atoms with Crippen LogP contribution in [0.4, 0.5) is 5.69 Å². The number of benzene rings is 2. The van der Waals surface area contributed by atoms with Crippen molar-refractivity contribution in [2.24, 2.45) is 0 Å². The summed E-state index contributed by atoms with van der Waals surface area (Å²) in [7, 11) is 2.16. The fraction of sp³-hybridized carbons (Fsp3) is 0.500. The molecule has 2 aromatic rings. The van der Waals surface area contributed by atoms with Gasteiger partial charge in [-0.25, -0.2) is 0 Å². The van der Waals surface area contributed by atoms with Gasteiger partial charge >= 0.3 is 0 Å². The number of hydrogen-bond donors (Lipinski definition) is 2. The van der Waals surface area contributed by atoms with E-state index in [1.165, 1.54) is 18.4 Å². The first-order chi connectivity index (χ1) is 16.0. The molecule has 0 spiro atoms. The molecule has 0 aliphatic carbocycles. The molecule has 2 saturated heterocycles. The van der Waals surface area contributed by atoms with E-state index in [4.69, 9.17) is 16.3 Å². The number of nitrogens with one attached hydrogen (secondary N) is 2. The van der Waals surface area contributed by atoms with Crippen LogP contribution in [-0.4, -0.2) is 67.6 Å². The van der Waals surface area contributed by atoms with Crippen LogP contribution >= 0.6 is 11.6 Å². The first kappa shape index (κ1) is 24.0. The van der Waals surface area contributed by atoms with Crippen LogP contribution in [0.2, 0.25) is 5.02 Å². The highest BCUT2D eigenvalue weighted by molar-refractivity contribution is 6.32. The number of hydrogen-bond acceptors (Lipinski definition) is 5. The fourth-order valence-electron chi connectivity index (χ4n) is 4.49. The molecular weight excluding hydrogens is 436 g/mol. The minimum absolute atomic E-state index is 0.147. The highest BCUT2D eigenvalue weighted by Gasteiger charge is 2.19. The van der Waals surface area contributed by atoms with Crippen molar-refractivity contribution in [1.82, 2.24) is 15.1 Å². The molecule has 0 aromatic heterocycles. The molecule has 2 heterocycles. The minimum atomic E-state index is -0.147. The normalized spacial score (nSPS) is 22.2. The summed E-state index contributed by atoms with van der Waals surface area (Å²) in [6.07, 6.45) is 3.55. The molecule has 2 N–H and O–H groups in total. The Morgan fingerprint density at radius 2 is 1.88 bits per heavy atom. The number of nitrogens with zero attached hydrogens (tertiary/aromatic N) is 2. The van der Waals surface area contributed by atoms with Gasteiger partial charge in [-0.3, -0.25) is 9.69 Å². The van der Waals surface area contributed by atoms with E-state index in [1.54, 1.807) is 6.07 Å². The molecule has 2 atom stereocenters. The number of piperazine rings is 1. The average Bonchev–Trinajstić information content (AvgIpc) is 2.80. The number of halogens is 1. The molecule has 0 saturated carbocycles. The van der Waals surface area contributed by atoms with Crippen LogP contribution in [0.5, 0.6) is 5.75 Å². The van der Waals surface area contributed by atoms with Crippen LogP contribution in [0, 0.1) is 0 Å². The van der Waals surface area contributed by atoms with E-state index in [-0.39, 0.29) is 5.91 Å². The molecule has 33 heavy (non-hydrogen) atoms. The number of amides is 1. The SMILES string of the molecule is CC1CCCC(COc2ccc(NC(=O)c3ccc(CN4CCN(C)CC4)cc3)cc2Cl)N1. The van der Waals surface area contributed by atoms with Crippen LogP contribution in [0.25, 0.3) is 0 Å². The van der Waals surface area contributed by atoms with E-state index < -0.39 is 0 Å². The van der Waals surface area contributed by atoms with Gasteiger partial charge in [0.2, 0.25) is 0 Å². The van der Waals surface area contributed by atoms with Crippen molar-refractivity contribution in [3.63, 3.8) is 0 Å². The second-order valence-electron chi connectivity index (χ2n) is 9.38. The molecule has 4 rings (SSSR count). The standard InChI is InChI=1S/C26H35ClN4O2/c1-19-4-3-5-23(28-19)18-33-25-11-10-22(16-24(25)27)29-26(32)21-8-6-20(7-9-21)17-31-14-12-30(2)13-15-31/h6-11,16,19,23,28H,3-5,12-15,17-18H2,1-2H3,(H,29,32). The zero-order valence-electron chi connectivity index (χ0n) is 19.6. The first-order valence-electron chi connectivity index (χ1n) is 12.0. The molecule has 0 bridgehead atoms. The summed E-state index contributed by atoms with van der Waals surface area (Å²) in [5, 5.41) is 7.00. The maximum Gasteiger partial charge on any atom is 0.255 e. The van der Waals surface area contributed by atoms with Crippen molar-refractivity contribution in [2.75, 3.05) is 45.2 Å². The number of ether oxygens (including phenoxy) is 1. The minimum Gasteiger partial charge on any atom is -0.490 e. The smallest absolute Gasteiger partial charge is 0.255 e. The number of likely N-dealkylation sites (N-methyl/N-ethyl adjacent to an activating group) is 1. The van der Waals surface area contributed by atoms with E-state index in [0.717, 1.165) is 39.1 Å². The van der Waals surface area contributed by atoms with E-state index in [2.05, 4.69) is 34.4 Å². The third kappa shape index (κ3) is 6.93. The van der Waals surface area contributed by atoms with Crippen molar-refractivity contribution < 1.29 is 9.53 Å². The van der Waals surface area contributed by atoms with E-state index >= 15 is 0 Å². The summed E-state index contributed by atoms with van der Waals surface area (Å²) < 4.78 is 5.94. The Kier molecular flexibility index (Phi) is 8.25. The van der Waals surface area contributed by atoms with Crippen LogP contribution in [-0.2, 0) is 6.54 Å². The van der Waals surface area contributed by atoms with Crippen LogP contribution < -0.4 is 15.4 Å². The Hall–Kier alpha value is -2.12. The fourth-order valence-corrected chi connectivity index (χ4v) is 4.72. The monoisotopic (exact) mass is 470 g/mol. The Balaban J connectivity index is 1.28. The number of piperidine rings is 1. The maximum atomic E-state index is 12.7. The topological polar surface area (TPSA) is 56.8 Å². The average molecular weight is 471 g/mol. The summed E-state index contributed by atoms with van der Waals surface area (Å²) >= 11 is 6.42. The zero-order valence-corrected chi connectivity index (χ0v) is 20.4. The number of anilines is 1. The highest BCUT2D eigenvalue weighted by Crippen LogP contribution is 2.28. The molecule has 7 heteroatoms. The van der Waals surface area contributed by atoms with Gasteiger partial charge in [0.25, 0.3) is 5.91 Å². The molecule has 178 valence electrons. The van der Waals surface area contributed by atoms with Gasteiger partial charge in [-0.15, -0.1) is 0 Å². The van der Waals surface area contributed by atoms with Crippen LogP contribution in [0.3, 0.4) is 0 Å². The second kappa shape index (κ2) is 11.3. The van der Waals surface area contributed by atoms with Crippen molar-refractivity contribution in [3.8, 4) is 5.75 Å². The summed E-state index contributed by atoms with van der Waals surface area (Å²) in [6, 6.07) is 14.1. The molecule has 2 fully saturated rings. The summed E-state index contributed by atoms with van der Waals surface area (Å²) in [5.41, 5.74) is 2.51. The van der Waals surface area contributed by atoms with Crippen molar-refractivity contribution >= 4 is 23.2 Å². The predicted octanol–water partition coefficient (Wildman–Crippen LogP) is 4.25. The van der Waals surface area contributed by atoms with Crippen molar-refractivity contribution in [1.29, 1.82) is 0 Å². The lowest BCUT2D eigenvalue weighted by molar-refractivity contribution is 0.102. The molecule has 2 aliphatic rings. The third-order valence-corrected chi connectivity index (χ3v) is 6.85. The van der Waals surface area contributed by atoms with Crippen molar-refractivity contribution in [3.05, 3.63) is 58.6 Å². The summed E-state index contributed by atoms with van der Waals surface area (Å²) in [4.78, 5) is 17.5. The van der Waals surface area contributed by atoms with Gasteiger partial charge in [-0.1, -0.05) is 30.2 Å². The van der Waals surface area contributed by atoms with Crippen molar-refractivity contribution in [2.45, 2.75) is 44.8 Å². The number of rotatable bonds is 7. The highest BCUT2D eigenvalue weighted by atomic mass is 35.5. The number of carbonyl (C=O) groups excluding carboxylic acids is 1. The lowest BCUT2D eigenvalue weighted by Crippen LogP contribution is -2.43. The van der Waals surface area contributed by atoms with Crippen LogP contribution in [0.15, 0.2) is 42.5 Å². The summed E-state index contributed by atoms with van der Waals surface area (Å²) in [5.74, 6) is 0.495. The Morgan fingerprint density at radius 3 is 2.58 bits per heavy atom. The van der Waals surface area contributed by atoms with E-state index in [9.17, 15) is 4.79 Å². The molecule has 2 aliphatic heterocycles. The summed E-state index contributed by atoms with van der Waals surface area (Å²) in [6.45, 7) is 8.08. The number of carbonyl (C=O) groups is 1. The maximum absolute atomic E-state index is 12.7. The molecule has 1 amide bonds. The lowest BCUT2D eigenvalue weighted by atomic mass is 10.0. The van der Waals surface area contributed by atoms with Gasteiger partial charge < -0.3 is 20.3 Å². The Labute approximate surface area is 202 Å². The molecule has 2 aromatic carbocycles. The molecule has 0 radical (unpaired) electrons. The van der Waals surface area contributed by atoms with E-state index in [0.29, 0.717) is 40.7 Å². The predicted molar refractivity (Wildman–Crippen MR) is 134 cm³/mol. The van der Waals surface area contributed by atoms with Gasteiger partial charge in [-0.2, -0.15) is 0 Å². The lowest BCUT2D eigenvalue weighted by Gasteiger charge is -2.32. The Bertz CT molecular complexity index is 928.